The van der Waals surface area contributed by atoms with Crippen molar-refractivity contribution >= 4 is 19.7 Å². The van der Waals surface area contributed by atoms with Crippen molar-refractivity contribution in [3.63, 3.8) is 0 Å². The minimum atomic E-state index is -3.72. The van der Waals surface area contributed by atoms with Crippen LogP contribution in [0.4, 0.5) is 0 Å². The van der Waals surface area contributed by atoms with Crippen molar-refractivity contribution in [3.8, 4) is 5.75 Å². The molecule has 1 aromatic rings. The molecule has 0 amide bonds. The third kappa shape index (κ3) is 3.19. The zero-order chi connectivity index (χ0) is 17.5. The van der Waals surface area contributed by atoms with Gasteiger partial charge in [-0.15, -0.1) is 0 Å². The maximum atomic E-state index is 13.1. The fourth-order valence-electron chi connectivity index (χ4n) is 3.71. The van der Waals surface area contributed by atoms with Crippen molar-refractivity contribution in [2.75, 3.05) is 31.7 Å². The van der Waals surface area contributed by atoms with E-state index >= 15 is 0 Å². The summed E-state index contributed by atoms with van der Waals surface area (Å²) in [6.07, 6.45) is 1.98. The molecule has 24 heavy (non-hydrogen) atoms. The highest BCUT2D eigenvalue weighted by Crippen LogP contribution is 2.32. The fourth-order valence-corrected chi connectivity index (χ4v) is 8.62. The summed E-state index contributed by atoms with van der Waals surface area (Å²) < 4.78 is 55.7. The van der Waals surface area contributed by atoms with Gasteiger partial charge in [-0.2, -0.15) is 0 Å². The lowest BCUT2D eigenvalue weighted by atomic mass is 10.2. The summed E-state index contributed by atoms with van der Waals surface area (Å²) in [6, 6.07) is 4.26. The molecule has 0 N–H and O–H groups in total. The van der Waals surface area contributed by atoms with Gasteiger partial charge >= 0.3 is 0 Å². The maximum Gasteiger partial charge on any atom is 0.183 e. The van der Waals surface area contributed by atoms with Crippen LogP contribution in [0.15, 0.2) is 23.1 Å². The first-order valence-corrected chi connectivity index (χ1v) is 11.4. The second-order valence-corrected chi connectivity index (χ2v) is 10.9. The molecule has 8 heteroatoms. The van der Waals surface area contributed by atoms with Crippen molar-refractivity contribution in [2.45, 2.75) is 36.0 Å². The van der Waals surface area contributed by atoms with Gasteiger partial charge in [-0.25, -0.2) is 16.8 Å². The molecule has 1 aromatic carbocycles. The van der Waals surface area contributed by atoms with Gasteiger partial charge in [0, 0.05) is 6.04 Å². The van der Waals surface area contributed by atoms with E-state index < -0.39 is 31.0 Å². The second kappa shape index (κ2) is 6.31. The average Bonchev–Trinajstić information content (AvgIpc) is 3.14. The molecular weight excluding hydrogens is 350 g/mol. The molecule has 2 aliphatic rings. The van der Waals surface area contributed by atoms with Crippen molar-refractivity contribution in [1.29, 1.82) is 0 Å². The molecule has 0 unspecified atom stereocenters. The van der Waals surface area contributed by atoms with Gasteiger partial charge in [0.15, 0.2) is 19.7 Å². The van der Waals surface area contributed by atoms with Gasteiger partial charge in [0.1, 0.15) is 5.75 Å². The van der Waals surface area contributed by atoms with Crippen LogP contribution >= 0.6 is 0 Å². The lowest BCUT2D eigenvalue weighted by Crippen LogP contribution is -2.45. The SMILES string of the molecule is COc1ccc(S(=O)(=O)[C@@H]2CS(=O)(=O)C[C@H]2N2CCCC2)cc1C. The normalized spacial score (nSPS) is 27.4. The minimum Gasteiger partial charge on any atom is -0.496 e. The number of ether oxygens (including phenoxy) is 1. The van der Waals surface area contributed by atoms with Gasteiger partial charge in [0.05, 0.1) is 28.8 Å². The average molecular weight is 373 g/mol. The summed E-state index contributed by atoms with van der Waals surface area (Å²) in [4.78, 5) is 2.20. The first-order chi connectivity index (χ1) is 11.2. The molecule has 0 aliphatic carbocycles. The first-order valence-electron chi connectivity index (χ1n) is 8.07. The molecular formula is C16H23NO5S2. The molecule has 0 radical (unpaired) electrons. The third-order valence-corrected chi connectivity index (χ3v) is 9.09. The van der Waals surface area contributed by atoms with Gasteiger partial charge in [-0.05, 0) is 56.6 Å². The first kappa shape index (κ1) is 17.7. The number of hydrogen-bond donors (Lipinski definition) is 0. The summed E-state index contributed by atoms with van der Waals surface area (Å²) in [6.45, 7) is 3.32. The van der Waals surface area contributed by atoms with E-state index in [4.69, 9.17) is 4.74 Å². The zero-order valence-corrected chi connectivity index (χ0v) is 15.6. The van der Waals surface area contributed by atoms with E-state index in [2.05, 4.69) is 0 Å². The second-order valence-electron chi connectivity index (χ2n) is 6.60. The molecule has 134 valence electrons. The van der Waals surface area contributed by atoms with Crippen LogP contribution in [0.25, 0.3) is 0 Å². The zero-order valence-electron chi connectivity index (χ0n) is 13.9. The number of benzene rings is 1. The fraction of sp³-hybridized carbons (Fsp3) is 0.625. The van der Waals surface area contributed by atoms with Crippen molar-refractivity contribution < 1.29 is 21.6 Å². The predicted octanol–water partition coefficient (Wildman–Crippen LogP) is 1.04. The number of methoxy groups -OCH3 is 1. The Morgan fingerprint density at radius 2 is 1.83 bits per heavy atom. The molecule has 2 aliphatic heterocycles. The van der Waals surface area contributed by atoms with Gasteiger partial charge < -0.3 is 4.74 Å². The van der Waals surface area contributed by atoms with Crippen LogP contribution in [-0.2, 0) is 19.7 Å². The van der Waals surface area contributed by atoms with E-state index in [9.17, 15) is 16.8 Å². The molecule has 2 saturated heterocycles. The Bertz CT molecular complexity index is 826. The Kier molecular flexibility index (Phi) is 4.65. The molecule has 0 spiro atoms. The molecule has 0 saturated carbocycles. The number of hydrogen-bond acceptors (Lipinski definition) is 6. The Hall–Kier alpha value is -1.12. The molecule has 0 bridgehead atoms. The third-order valence-electron chi connectivity index (χ3n) is 4.98. The van der Waals surface area contributed by atoms with E-state index in [1.807, 2.05) is 4.90 Å². The van der Waals surface area contributed by atoms with Crippen molar-refractivity contribution in [3.05, 3.63) is 23.8 Å². The smallest absolute Gasteiger partial charge is 0.183 e. The molecule has 2 heterocycles. The van der Waals surface area contributed by atoms with E-state index in [-0.39, 0.29) is 16.4 Å². The summed E-state index contributed by atoms with van der Waals surface area (Å²) in [5.74, 6) is 0.261. The highest BCUT2D eigenvalue weighted by atomic mass is 32.2. The van der Waals surface area contributed by atoms with Crippen LogP contribution in [0, 0.1) is 6.92 Å². The lowest BCUT2D eigenvalue weighted by Gasteiger charge is -2.27. The number of rotatable bonds is 4. The molecule has 3 rings (SSSR count). The molecule has 0 aromatic heterocycles. The molecule has 2 fully saturated rings. The van der Waals surface area contributed by atoms with Gasteiger partial charge in [0.2, 0.25) is 0 Å². The van der Waals surface area contributed by atoms with Crippen LogP contribution in [0.2, 0.25) is 0 Å². The highest BCUT2D eigenvalue weighted by molar-refractivity contribution is 7.96. The van der Waals surface area contributed by atoms with E-state index in [1.165, 1.54) is 13.2 Å². The maximum absolute atomic E-state index is 13.1. The van der Waals surface area contributed by atoms with Crippen LogP contribution < -0.4 is 4.74 Å². The van der Waals surface area contributed by atoms with Gasteiger partial charge in [-0.3, -0.25) is 4.90 Å². The Morgan fingerprint density at radius 3 is 2.42 bits per heavy atom. The van der Waals surface area contributed by atoms with Crippen LogP contribution in [0.1, 0.15) is 18.4 Å². The van der Waals surface area contributed by atoms with Gasteiger partial charge in [0.25, 0.3) is 0 Å². The van der Waals surface area contributed by atoms with Gasteiger partial charge in [-0.1, -0.05) is 0 Å². The monoisotopic (exact) mass is 373 g/mol. The Labute approximate surface area is 143 Å². The lowest BCUT2D eigenvalue weighted by molar-refractivity contribution is 0.264. The quantitative estimate of drug-likeness (QED) is 0.784. The summed E-state index contributed by atoms with van der Waals surface area (Å²) >= 11 is 0. The topological polar surface area (TPSA) is 80.8 Å². The minimum absolute atomic E-state index is 0.0635. The number of nitrogens with zero attached hydrogens (tertiary/aromatic N) is 1. The molecule has 2 atom stereocenters. The van der Waals surface area contributed by atoms with Crippen LogP contribution in [0.5, 0.6) is 5.75 Å². The van der Waals surface area contributed by atoms with Crippen molar-refractivity contribution in [2.24, 2.45) is 0 Å². The molecule has 6 nitrogen and oxygen atoms in total. The van der Waals surface area contributed by atoms with Crippen LogP contribution in [0.3, 0.4) is 0 Å². The Balaban J connectivity index is 1.99. The summed E-state index contributed by atoms with van der Waals surface area (Å²) in [5.41, 5.74) is 0.720. The van der Waals surface area contributed by atoms with E-state index in [1.54, 1.807) is 19.1 Å². The Morgan fingerprint density at radius 1 is 1.17 bits per heavy atom. The highest BCUT2D eigenvalue weighted by Gasteiger charge is 2.48. The largest absolute Gasteiger partial charge is 0.496 e. The standard InChI is InChI=1S/C16H23NO5S2/c1-12-9-13(5-6-15(12)22-2)24(20,21)16-11-23(18,19)10-14(16)17-7-3-4-8-17/h5-6,9,14,16H,3-4,7-8,10-11H2,1-2H3/t14-,16-/m1/s1. The van der Waals surface area contributed by atoms with E-state index in [0.29, 0.717) is 5.75 Å². The summed E-state index contributed by atoms with van der Waals surface area (Å²) in [5, 5.41) is -0.895. The van der Waals surface area contributed by atoms with Crippen LogP contribution in [-0.4, -0.2) is 64.7 Å². The number of aryl methyl sites for hydroxylation is 1. The summed E-state index contributed by atoms with van der Waals surface area (Å²) in [7, 11) is -5.53. The predicted molar refractivity (Wildman–Crippen MR) is 92.0 cm³/mol. The van der Waals surface area contributed by atoms with Crippen molar-refractivity contribution in [1.82, 2.24) is 4.90 Å². The number of sulfone groups is 2. The van der Waals surface area contributed by atoms with E-state index in [0.717, 1.165) is 31.5 Å². The number of likely N-dealkylation sites (tertiary alicyclic amines) is 1.